The first kappa shape index (κ1) is 24.9. The van der Waals surface area contributed by atoms with Gasteiger partial charge in [0.1, 0.15) is 0 Å². The van der Waals surface area contributed by atoms with Gasteiger partial charge in [0.05, 0.1) is 0 Å². The van der Waals surface area contributed by atoms with Crippen LogP contribution < -0.4 is 15.9 Å². The number of rotatable bonds is 10. The van der Waals surface area contributed by atoms with E-state index in [1.54, 1.807) is 4.31 Å². The van der Waals surface area contributed by atoms with E-state index in [-0.39, 0.29) is 11.8 Å². The molecule has 0 atom stereocenters. The monoisotopic (exact) mass is 489 g/mol. The molecule has 0 aromatic heterocycles. The Balaban J connectivity index is 2.14. The summed E-state index contributed by atoms with van der Waals surface area (Å²) in [5.74, 6) is -3.34. The van der Waals surface area contributed by atoms with E-state index in [1.807, 2.05) is 75.4 Å². The Morgan fingerprint density at radius 2 is 1.16 bits per heavy atom. The zero-order valence-corrected chi connectivity index (χ0v) is 21.5. The molecule has 3 aromatic rings. The average Bonchev–Trinajstić information content (AvgIpc) is 2.80. The van der Waals surface area contributed by atoms with Crippen molar-refractivity contribution in [1.29, 1.82) is 0 Å². The Morgan fingerprint density at radius 1 is 0.781 bits per heavy atom. The fraction of sp³-hybridized carbons (Fsp3) is 0.308. The molecule has 0 aliphatic rings. The maximum absolute atomic E-state index is 13.1. The van der Waals surface area contributed by atoms with Crippen LogP contribution in [-0.4, -0.2) is 37.2 Å². The van der Waals surface area contributed by atoms with Gasteiger partial charge in [-0.3, -0.25) is 0 Å². The average molecular weight is 490 g/mol. The third-order valence-corrected chi connectivity index (χ3v) is 15.9. The number of benzene rings is 3. The van der Waals surface area contributed by atoms with Crippen LogP contribution in [0.15, 0.2) is 91.0 Å². The molecule has 0 N–H and O–H groups in total. The van der Waals surface area contributed by atoms with Crippen molar-refractivity contribution < 1.29 is 8.42 Å². The van der Waals surface area contributed by atoms with Gasteiger partial charge in [0, 0.05) is 0 Å². The molecule has 0 spiro atoms. The minimum atomic E-state index is -3.42. The number of hydrogen-bond donors (Lipinski definition) is 0. The summed E-state index contributed by atoms with van der Waals surface area (Å²) in [4.78, 5) is 0. The molecule has 0 amide bonds. The molecule has 172 valence electrons. The summed E-state index contributed by atoms with van der Waals surface area (Å²) in [6.45, 7) is 6.19. The van der Waals surface area contributed by atoms with E-state index in [0.717, 1.165) is 15.9 Å². The molecular formula is C26H33ClNO2PS. The summed E-state index contributed by atoms with van der Waals surface area (Å²) < 4.78 is 27.8. The van der Waals surface area contributed by atoms with Crippen molar-refractivity contribution >= 4 is 43.1 Å². The van der Waals surface area contributed by atoms with Crippen LogP contribution in [0.3, 0.4) is 0 Å². The Morgan fingerprint density at radius 3 is 1.47 bits per heavy atom. The molecule has 0 bridgehead atoms. The first-order valence-corrected chi connectivity index (χ1v) is 16.1. The fourth-order valence-electron chi connectivity index (χ4n) is 4.60. The van der Waals surface area contributed by atoms with Gasteiger partial charge in [-0.05, 0) is 0 Å². The van der Waals surface area contributed by atoms with Gasteiger partial charge in [0.2, 0.25) is 0 Å². The summed E-state index contributed by atoms with van der Waals surface area (Å²) in [7, 11) is -3.37. The predicted molar refractivity (Wildman–Crippen MR) is 142 cm³/mol. The molecule has 3 aromatic carbocycles. The van der Waals surface area contributed by atoms with Crippen molar-refractivity contribution in [3.8, 4) is 0 Å². The van der Waals surface area contributed by atoms with Crippen molar-refractivity contribution in [2.24, 2.45) is 0 Å². The normalized spacial score (nSPS) is 13.8. The van der Waals surface area contributed by atoms with Crippen molar-refractivity contribution in [2.45, 2.75) is 33.2 Å². The van der Waals surface area contributed by atoms with Gasteiger partial charge in [-0.1, -0.05) is 0 Å². The molecule has 0 aliphatic heterocycles. The molecule has 0 unspecified atom stereocenters. The van der Waals surface area contributed by atoms with Gasteiger partial charge in [-0.25, -0.2) is 0 Å². The Bertz CT molecular complexity index is 1010. The summed E-state index contributed by atoms with van der Waals surface area (Å²) >= 11 is 8.00. The van der Waals surface area contributed by atoms with Gasteiger partial charge in [0.15, 0.2) is 0 Å². The summed E-state index contributed by atoms with van der Waals surface area (Å²) in [5, 5.41) is 3.18. The molecular weight excluding hydrogens is 457 g/mol. The first-order valence-electron chi connectivity index (χ1n) is 11.1. The maximum atomic E-state index is 13.1. The second kappa shape index (κ2) is 10.1. The number of nitrogens with zero attached hydrogens (tertiary/aromatic N) is 1. The standard InChI is InChI=1S/C26H33ClNO2PS/c1-4-28(23(2)3)32(29,30)22-14-21-31(27,24-15-8-5-9-16-24,25-17-10-6-11-18-25)26-19-12-7-13-20-26/h5-13,15-20,23H,4,14,21-22H2,1-3H3. The van der Waals surface area contributed by atoms with E-state index < -0.39 is 16.0 Å². The van der Waals surface area contributed by atoms with Gasteiger partial charge < -0.3 is 0 Å². The van der Waals surface area contributed by atoms with Crippen LogP contribution in [-0.2, 0) is 10.0 Å². The third-order valence-electron chi connectivity index (χ3n) is 6.11. The fourth-order valence-corrected chi connectivity index (χ4v) is 12.8. The molecule has 0 radical (unpaired) electrons. The van der Waals surface area contributed by atoms with Crippen LogP contribution in [0, 0.1) is 0 Å². The summed E-state index contributed by atoms with van der Waals surface area (Å²) in [5.41, 5.74) is 0. The molecule has 0 fully saturated rings. The van der Waals surface area contributed by atoms with Crippen LogP contribution in [0.4, 0.5) is 0 Å². The molecule has 3 nitrogen and oxygen atoms in total. The van der Waals surface area contributed by atoms with Gasteiger partial charge in [-0.15, -0.1) is 0 Å². The molecule has 32 heavy (non-hydrogen) atoms. The minimum absolute atomic E-state index is 0.0615. The van der Waals surface area contributed by atoms with E-state index in [9.17, 15) is 8.42 Å². The van der Waals surface area contributed by atoms with Crippen LogP contribution in [0.2, 0.25) is 0 Å². The Hall–Kier alpha value is -1.71. The number of halogens is 1. The third kappa shape index (κ3) is 4.65. The van der Waals surface area contributed by atoms with E-state index in [4.69, 9.17) is 11.2 Å². The van der Waals surface area contributed by atoms with Crippen molar-refractivity contribution in [3.63, 3.8) is 0 Å². The SMILES string of the molecule is CCN(C(C)C)S(=O)(=O)CCCP(Cl)(c1ccccc1)(c1ccccc1)c1ccccc1. The zero-order chi connectivity index (χ0) is 23.3. The summed E-state index contributed by atoms with van der Waals surface area (Å²) in [6.07, 6.45) is 1.05. The predicted octanol–water partition coefficient (Wildman–Crippen LogP) is 5.12. The molecule has 0 saturated heterocycles. The zero-order valence-electron chi connectivity index (χ0n) is 19.1. The summed E-state index contributed by atoms with van der Waals surface area (Å²) in [6, 6.07) is 30.5. The quantitative estimate of drug-likeness (QED) is 0.371. The first-order chi connectivity index (χ1) is 15.2. The number of sulfonamides is 1. The van der Waals surface area contributed by atoms with Crippen molar-refractivity contribution in [1.82, 2.24) is 4.31 Å². The van der Waals surface area contributed by atoms with E-state index in [0.29, 0.717) is 19.1 Å². The van der Waals surface area contributed by atoms with Crippen LogP contribution in [0.25, 0.3) is 0 Å². The van der Waals surface area contributed by atoms with Gasteiger partial charge in [-0.2, -0.15) is 0 Å². The van der Waals surface area contributed by atoms with Crippen molar-refractivity contribution in [2.75, 3.05) is 18.5 Å². The van der Waals surface area contributed by atoms with Crippen LogP contribution in [0.5, 0.6) is 0 Å². The molecule has 0 saturated carbocycles. The van der Waals surface area contributed by atoms with E-state index >= 15 is 0 Å². The van der Waals surface area contributed by atoms with E-state index in [2.05, 4.69) is 36.4 Å². The number of hydrogen-bond acceptors (Lipinski definition) is 2. The van der Waals surface area contributed by atoms with Crippen LogP contribution >= 0.6 is 17.2 Å². The Labute approximate surface area is 198 Å². The second-order valence-electron chi connectivity index (χ2n) is 8.38. The Kier molecular flexibility index (Phi) is 7.83. The molecule has 0 heterocycles. The van der Waals surface area contributed by atoms with Crippen LogP contribution in [0.1, 0.15) is 27.2 Å². The molecule has 3 rings (SSSR count). The van der Waals surface area contributed by atoms with Gasteiger partial charge in [0.25, 0.3) is 0 Å². The van der Waals surface area contributed by atoms with Crippen molar-refractivity contribution in [3.05, 3.63) is 91.0 Å². The molecule has 0 aliphatic carbocycles. The van der Waals surface area contributed by atoms with Gasteiger partial charge >= 0.3 is 199 Å². The molecule has 6 heteroatoms. The van der Waals surface area contributed by atoms with E-state index in [1.165, 1.54) is 0 Å². The second-order valence-corrected chi connectivity index (χ2v) is 17.0. The topological polar surface area (TPSA) is 37.4 Å².